The molecule has 3 nitrogen and oxygen atoms in total. The number of hydrogen-bond donors (Lipinski definition) is 0. The van der Waals surface area contributed by atoms with Crippen molar-refractivity contribution in [3.8, 4) is 0 Å². The van der Waals surface area contributed by atoms with Gasteiger partial charge in [0.2, 0.25) is 0 Å². The van der Waals surface area contributed by atoms with Crippen molar-refractivity contribution in [1.82, 2.24) is 0 Å². The lowest BCUT2D eigenvalue weighted by molar-refractivity contribution is -0.146. The van der Waals surface area contributed by atoms with Crippen LogP contribution in [0.25, 0.3) is 0 Å². The number of Topliss-reactive ketones (excluding diaryl/α,β-unsaturated/α-hetero) is 1. The highest BCUT2D eigenvalue weighted by atomic mass is 35.5. The van der Waals surface area contributed by atoms with Gasteiger partial charge in [-0.05, 0) is 31.9 Å². The fourth-order valence-corrected chi connectivity index (χ4v) is 2.48. The number of hydrogen-bond acceptors (Lipinski definition) is 3. The van der Waals surface area contributed by atoms with Crippen LogP contribution >= 0.6 is 11.6 Å². The Balaban J connectivity index is 0.000000262. The van der Waals surface area contributed by atoms with Gasteiger partial charge in [0.15, 0.2) is 0 Å². The molecule has 0 saturated heterocycles. The van der Waals surface area contributed by atoms with Gasteiger partial charge >= 0.3 is 5.97 Å². The largest absolute Gasteiger partial charge is 0.466 e. The van der Waals surface area contributed by atoms with Crippen molar-refractivity contribution in [1.29, 1.82) is 0 Å². The highest BCUT2D eigenvalue weighted by molar-refractivity contribution is 6.30. The van der Waals surface area contributed by atoms with Crippen LogP contribution in [-0.4, -0.2) is 18.4 Å². The Morgan fingerprint density at radius 2 is 1.76 bits per heavy atom. The molecule has 1 saturated carbocycles. The minimum absolute atomic E-state index is 0.0293. The number of rotatable bonds is 4. The first-order valence-electron chi connectivity index (χ1n) is 7.52. The second-order valence-corrected chi connectivity index (χ2v) is 5.52. The van der Waals surface area contributed by atoms with E-state index < -0.39 is 0 Å². The molecule has 0 aliphatic heterocycles. The first kappa shape index (κ1) is 17.7. The van der Waals surface area contributed by atoms with Gasteiger partial charge in [-0.1, -0.05) is 49.1 Å². The zero-order valence-electron chi connectivity index (χ0n) is 12.5. The van der Waals surface area contributed by atoms with Crippen molar-refractivity contribution in [2.45, 2.75) is 45.4 Å². The molecule has 4 heteroatoms. The number of halogens is 1. The van der Waals surface area contributed by atoms with E-state index in [9.17, 15) is 9.59 Å². The quantitative estimate of drug-likeness (QED) is 0.610. The number of ether oxygens (including phenoxy) is 1. The Hall–Kier alpha value is -1.35. The average Bonchev–Trinajstić information content (AvgIpc) is 2.50. The molecule has 1 aliphatic rings. The Bertz CT molecular complexity index is 425. The summed E-state index contributed by atoms with van der Waals surface area (Å²) >= 11 is 5.54. The molecule has 1 aromatic rings. The molecule has 0 spiro atoms. The molecule has 0 aromatic heterocycles. The predicted molar refractivity (Wildman–Crippen MR) is 84.3 cm³/mol. The Morgan fingerprint density at radius 1 is 1.14 bits per heavy atom. The monoisotopic (exact) mass is 310 g/mol. The summed E-state index contributed by atoms with van der Waals surface area (Å²) in [6.45, 7) is 2.11. The van der Waals surface area contributed by atoms with Crippen LogP contribution < -0.4 is 0 Å². The molecule has 116 valence electrons. The number of carbonyl (C=O) groups is 2. The number of carbonyl (C=O) groups excluding carboxylic acids is 2. The van der Waals surface area contributed by atoms with Gasteiger partial charge in [-0.3, -0.25) is 9.59 Å². The molecular weight excluding hydrogens is 288 g/mol. The normalized spacial score (nSPS) is 14.8. The van der Waals surface area contributed by atoms with Gasteiger partial charge in [-0.25, -0.2) is 0 Å². The summed E-state index contributed by atoms with van der Waals surface area (Å²) < 4.78 is 4.74. The smallest absolute Gasteiger partial charge is 0.313 e. The first-order valence-corrected chi connectivity index (χ1v) is 7.90. The van der Waals surface area contributed by atoms with Crippen LogP contribution in [-0.2, 0) is 14.3 Å². The molecule has 1 aromatic carbocycles. The number of ketones is 1. The topological polar surface area (TPSA) is 43.4 Å². The van der Waals surface area contributed by atoms with Crippen molar-refractivity contribution >= 4 is 23.4 Å². The van der Waals surface area contributed by atoms with E-state index in [1.165, 1.54) is 6.42 Å². The van der Waals surface area contributed by atoms with E-state index >= 15 is 0 Å². The highest BCUT2D eigenvalue weighted by Crippen LogP contribution is 2.25. The van der Waals surface area contributed by atoms with E-state index in [0.29, 0.717) is 6.61 Å². The van der Waals surface area contributed by atoms with Crippen molar-refractivity contribution in [2.75, 3.05) is 6.61 Å². The SMILES string of the molecule is CCOC(=O)CC(=O)C1CCCCC1.Clc1ccccc1. The third-order valence-electron chi connectivity index (χ3n) is 3.42. The summed E-state index contributed by atoms with van der Waals surface area (Å²) in [6, 6.07) is 9.44. The molecular formula is C17H23ClO3. The van der Waals surface area contributed by atoms with Crippen LogP contribution in [0.1, 0.15) is 45.4 Å². The molecule has 1 aliphatic carbocycles. The van der Waals surface area contributed by atoms with Crippen LogP contribution in [0.4, 0.5) is 0 Å². The van der Waals surface area contributed by atoms with Crippen LogP contribution in [0.5, 0.6) is 0 Å². The van der Waals surface area contributed by atoms with Crippen LogP contribution in [0.3, 0.4) is 0 Å². The van der Waals surface area contributed by atoms with Gasteiger partial charge in [-0.15, -0.1) is 0 Å². The van der Waals surface area contributed by atoms with Crippen LogP contribution in [0.2, 0.25) is 5.02 Å². The first-order chi connectivity index (χ1) is 10.1. The van der Waals surface area contributed by atoms with Gasteiger partial charge in [-0.2, -0.15) is 0 Å². The maximum Gasteiger partial charge on any atom is 0.313 e. The van der Waals surface area contributed by atoms with E-state index in [0.717, 1.165) is 30.7 Å². The van der Waals surface area contributed by atoms with E-state index in [1.54, 1.807) is 6.92 Å². The van der Waals surface area contributed by atoms with E-state index in [2.05, 4.69) is 0 Å². The molecule has 0 N–H and O–H groups in total. The molecule has 0 heterocycles. The average molecular weight is 311 g/mol. The van der Waals surface area contributed by atoms with E-state index in [4.69, 9.17) is 16.3 Å². The molecule has 0 radical (unpaired) electrons. The van der Waals surface area contributed by atoms with Gasteiger partial charge < -0.3 is 4.74 Å². The summed E-state index contributed by atoms with van der Waals surface area (Å²) in [6.07, 6.45) is 5.36. The predicted octanol–water partition coefficient (Wildman–Crippen LogP) is 4.43. The second kappa shape index (κ2) is 10.4. The number of benzene rings is 1. The van der Waals surface area contributed by atoms with E-state index in [1.807, 2.05) is 30.3 Å². The van der Waals surface area contributed by atoms with Crippen molar-refractivity contribution in [3.63, 3.8) is 0 Å². The summed E-state index contributed by atoms with van der Waals surface area (Å²) in [5, 5.41) is 0.794. The molecule has 0 atom stereocenters. The highest BCUT2D eigenvalue weighted by Gasteiger charge is 2.23. The minimum Gasteiger partial charge on any atom is -0.466 e. The maximum atomic E-state index is 11.6. The minimum atomic E-state index is -0.372. The zero-order chi connectivity index (χ0) is 15.5. The van der Waals surface area contributed by atoms with Gasteiger partial charge in [0.1, 0.15) is 12.2 Å². The summed E-state index contributed by atoms with van der Waals surface area (Å²) in [7, 11) is 0. The summed E-state index contributed by atoms with van der Waals surface area (Å²) in [4.78, 5) is 22.6. The summed E-state index contributed by atoms with van der Waals surface area (Å²) in [5.41, 5.74) is 0. The lowest BCUT2D eigenvalue weighted by Crippen LogP contribution is -2.21. The third kappa shape index (κ3) is 7.86. The van der Waals surface area contributed by atoms with E-state index in [-0.39, 0.29) is 24.1 Å². The second-order valence-electron chi connectivity index (χ2n) is 5.08. The van der Waals surface area contributed by atoms with Crippen LogP contribution in [0, 0.1) is 5.92 Å². The van der Waals surface area contributed by atoms with Gasteiger partial charge in [0, 0.05) is 10.9 Å². The lowest BCUT2D eigenvalue weighted by atomic mass is 9.85. The van der Waals surface area contributed by atoms with Crippen molar-refractivity contribution < 1.29 is 14.3 Å². The number of esters is 1. The molecule has 0 unspecified atom stereocenters. The summed E-state index contributed by atoms with van der Waals surface area (Å²) in [5.74, 6) is -0.181. The van der Waals surface area contributed by atoms with Gasteiger partial charge in [0.05, 0.1) is 6.61 Å². The fraction of sp³-hybridized carbons (Fsp3) is 0.529. The molecule has 21 heavy (non-hydrogen) atoms. The lowest BCUT2D eigenvalue weighted by Gasteiger charge is -2.19. The Morgan fingerprint density at radius 3 is 2.24 bits per heavy atom. The van der Waals surface area contributed by atoms with Crippen molar-refractivity contribution in [3.05, 3.63) is 35.4 Å². The standard InChI is InChI=1S/C11H18O3.C6H5Cl/c1-2-14-11(13)8-10(12)9-6-4-3-5-7-9;7-6-4-2-1-3-5-6/h9H,2-8H2,1H3;1-5H. The van der Waals surface area contributed by atoms with Crippen LogP contribution in [0.15, 0.2) is 30.3 Å². The zero-order valence-corrected chi connectivity index (χ0v) is 13.3. The maximum absolute atomic E-state index is 11.6. The fourth-order valence-electron chi connectivity index (χ4n) is 2.34. The Kier molecular flexibility index (Phi) is 8.76. The Labute approximate surface area is 131 Å². The molecule has 0 bridgehead atoms. The molecule has 1 fully saturated rings. The van der Waals surface area contributed by atoms with Gasteiger partial charge in [0.25, 0.3) is 0 Å². The molecule has 2 rings (SSSR count). The third-order valence-corrected chi connectivity index (χ3v) is 3.67. The molecule has 0 amide bonds. The van der Waals surface area contributed by atoms with Crippen molar-refractivity contribution in [2.24, 2.45) is 5.92 Å².